The molecule has 0 aliphatic carbocycles. The van der Waals surface area contributed by atoms with Gasteiger partial charge in [0.1, 0.15) is 0 Å². The second-order valence-corrected chi connectivity index (χ2v) is 8.23. The van der Waals surface area contributed by atoms with Gasteiger partial charge in [0, 0.05) is 18.0 Å². The molecule has 2 aliphatic heterocycles. The van der Waals surface area contributed by atoms with Crippen molar-refractivity contribution in [2.75, 3.05) is 17.4 Å². The summed E-state index contributed by atoms with van der Waals surface area (Å²) in [5.74, 6) is 0.672. The van der Waals surface area contributed by atoms with Gasteiger partial charge < -0.3 is 4.90 Å². The molecule has 28 heavy (non-hydrogen) atoms. The van der Waals surface area contributed by atoms with Gasteiger partial charge in [0.2, 0.25) is 5.91 Å². The topological polar surface area (TPSA) is 47.3 Å². The molecule has 2 aliphatic rings. The summed E-state index contributed by atoms with van der Waals surface area (Å²) in [6, 6.07) is 19.0. The molecule has 5 heteroatoms. The molecule has 1 atom stereocenters. The minimum absolute atomic E-state index is 0.0865. The van der Waals surface area contributed by atoms with Crippen molar-refractivity contribution in [3.8, 4) is 6.07 Å². The first-order valence-corrected chi connectivity index (χ1v) is 10.6. The monoisotopic (exact) mass is 389 g/mol. The number of anilines is 1. The lowest BCUT2D eigenvalue weighted by Crippen LogP contribution is -2.47. The molecule has 2 aromatic rings. The highest BCUT2D eigenvalue weighted by Crippen LogP contribution is 2.43. The Balaban J connectivity index is 1.65. The Hall–Kier alpha value is -2.71. The number of allylic oxidation sites excluding steroid dienone is 1. The maximum Gasteiger partial charge on any atom is 0.229 e. The molecule has 0 radical (unpaired) electrons. The maximum atomic E-state index is 13.0. The number of nitriles is 1. The number of amides is 1. The van der Waals surface area contributed by atoms with E-state index in [9.17, 15) is 10.1 Å². The number of carbonyl (C=O) groups is 1. The molecule has 142 valence electrons. The normalized spacial score (nSPS) is 19.5. The van der Waals surface area contributed by atoms with Gasteiger partial charge in [-0.05, 0) is 42.2 Å². The predicted octanol–water partition coefficient (Wildman–Crippen LogP) is 4.78. The van der Waals surface area contributed by atoms with Crippen LogP contribution in [-0.4, -0.2) is 23.4 Å². The molecule has 0 saturated carbocycles. The van der Waals surface area contributed by atoms with Gasteiger partial charge in [0.25, 0.3) is 0 Å². The Labute approximate surface area is 170 Å². The van der Waals surface area contributed by atoms with Gasteiger partial charge in [-0.1, -0.05) is 55.1 Å². The van der Waals surface area contributed by atoms with Crippen LogP contribution < -0.4 is 4.90 Å². The lowest BCUT2D eigenvalue weighted by molar-refractivity contribution is -0.129. The molecular formula is C23H23N3OS. The van der Waals surface area contributed by atoms with E-state index in [1.807, 2.05) is 6.07 Å². The van der Waals surface area contributed by atoms with Gasteiger partial charge in [-0.25, -0.2) is 0 Å². The van der Waals surface area contributed by atoms with E-state index in [1.54, 1.807) is 16.7 Å². The second-order valence-electron chi connectivity index (χ2n) is 7.30. The lowest BCUT2D eigenvalue weighted by Gasteiger charge is -2.42. The van der Waals surface area contributed by atoms with Gasteiger partial charge in [-0.2, -0.15) is 5.26 Å². The van der Waals surface area contributed by atoms with E-state index in [4.69, 9.17) is 0 Å². The smallest absolute Gasteiger partial charge is 0.229 e. The van der Waals surface area contributed by atoms with Crippen molar-refractivity contribution in [3.63, 3.8) is 0 Å². The quantitative estimate of drug-likeness (QED) is 0.758. The van der Waals surface area contributed by atoms with Gasteiger partial charge in [0.05, 0.1) is 29.2 Å². The summed E-state index contributed by atoms with van der Waals surface area (Å²) in [6.07, 6.45) is 1.33. The van der Waals surface area contributed by atoms with Crippen molar-refractivity contribution >= 4 is 23.4 Å². The van der Waals surface area contributed by atoms with Crippen LogP contribution in [0.1, 0.15) is 36.0 Å². The zero-order valence-corrected chi connectivity index (χ0v) is 17.0. The highest BCUT2D eigenvalue weighted by molar-refractivity contribution is 8.03. The van der Waals surface area contributed by atoms with Gasteiger partial charge >= 0.3 is 0 Å². The third-order valence-corrected chi connectivity index (χ3v) is 6.61. The molecular weight excluding hydrogens is 366 g/mol. The Morgan fingerprint density at radius 3 is 2.68 bits per heavy atom. The number of aryl methyl sites for hydroxylation is 2. The molecule has 1 amide bonds. The fourth-order valence-corrected chi connectivity index (χ4v) is 4.99. The van der Waals surface area contributed by atoms with Crippen molar-refractivity contribution in [1.29, 1.82) is 5.26 Å². The number of carbonyl (C=O) groups excluding carboxylic acids is 1. The molecule has 4 rings (SSSR count). The van der Waals surface area contributed by atoms with Crippen LogP contribution in [-0.2, 0) is 11.2 Å². The standard InChI is InChI=1S/C23H23N3OS/c1-3-17-7-9-18(10-8-17)20-12-22(27)26-14-25(15-28-23(26)21(20)13-24)19-6-4-5-16(2)11-19/h4-11,20H,3,12,14-15H2,1-2H3/t20-/m0/s1. The third-order valence-electron chi connectivity index (χ3n) is 5.45. The van der Waals surface area contributed by atoms with Crippen molar-refractivity contribution in [2.24, 2.45) is 0 Å². The van der Waals surface area contributed by atoms with E-state index < -0.39 is 0 Å². The first kappa shape index (κ1) is 18.6. The summed E-state index contributed by atoms with van der Waals surface area (Å²) in [5, 5.41) is 10.7. The Morgan fingerprint density at radius 1 is 1.21 bits per heavy atom. The van der Waals surface area contributed by atoms with E-state index in [-0.39, 0.29) is 11.8 Å². The van der Waals surface area contributed by atoms with E-state index in [2.05, 4.69) is 67.3 Å². The number of hydrogen-bond donors (Lipinski definition) is 0. The number of hydrogen-bond acceptors (Lipinski definition) is 4. The van der Waals surface area contributed by atoms with Crippen LogP contribution in [0.25, 0.3) is 0 Å². The van der Waals surface area contributed by atoms with Crippen molar-refractivity contribution in [1.82, 2.24) is 4.90 Å². The van der Waals surface area contributed by atoms with E-state index in [1.165, 1.54) is 11.1 Å². The maximum absolute atomic E-state index is 13.0. The number of rotatable bonds is 3. The number of thioether (sulfide) groups is 1. The van der Waals surface area contributed by atoms with Crippen molar-refractivity contribution in [3.05, 3.63) is 75.8 Å². The average molecular weight is 390 g/mol. The van der Waals surface area contributed by atoms with Crippen LogP contribution in [0.4, 0.5) is 5.69 Å². The Kier molecular flexibility index (Phi) is 5.15. The summed E-state index contributed by atoms with van der Waals surface area (Å²) in [5.41, 5.74) is 5.34. The Morgan fingerprint density at radius 2 is 2.00 bits per heavy atom. The zero-order chi connectivity index (χ0) is 19.7. The van der Waals surface area contributed by atoms with Gasteiger partial charge in [0.15, 0.2) is 0 Å². The first-order chi connectivity index (χ1) is 13.6. The summed E-state index contributed by atoms with van der Waals surface area (Å²) >= 11 is 1.59. The molecule has 0 N–H and O–H groups in total. The van der Waals surface area contributed by atoms with E-state index in [0.717, 1.165) is 34.2 Å². The average Bonchev–Trinajstić information content (AvgIpc) is 2.73. The SMILES string of the molecule is CCc1ccc([C@@H]2CC(=O)N3CN(c4cccc(C)c4)CSC3=C2C#N)cc1. The molecule has 2 heterocycles. The van der Waals surface area contributed by atoms with Crippen LogP contribution in [0.3, 0.4) is 0 Å². The van der Waals surface area contributed by atoms with Crippen LogP contribution in [0, 0.1) is 18.3 Å². The molecule has 0 bridgehead atoms. The molecule has 0 spiro atoms. The van der Waals surface area contributed by atoms with Crippen molar-refractivity contribution < 1.29 is 4.79 Å². The summed E-state index contributed by atoms with van der Waals surface area (Å²) in [6.45, 7) is 4.69. The molecule has 0 aromatic heterocycles. The lowest BCUT2D eigenvalue weighted by atomic mass is 9.86. The van der Waals surface area contributed by atoms with Crippen LogP contribution >= 0.6 is 11.8 Å². The highest BCUT2D eigenvalue weighted by atomic mass is 32.2. The largest absolute Gasteiger partial charge is 0.344 e. The number of benzene rings is 2. The predicted molar refractivity (Wildman–Crippen MR) is 114 cm³/mol. The molecule has 2 aromatic carbocycles. The van der Waals surface area contributed by atoms with E-state index >= 15 is 0 Å². The molecule has 0 unspecified atom stereocenters. The zero-order valence-electron chi connectivity index (χ0n) is 16.2. The number of nitrogens with zero attached hydrogens (tertiary/aromatic N) is 3. The Bertz CT molecular complexity index is 974. The highest BCUT2D eigenvalue weighted by Gasteiger charge is 2.38. The van der Waals surface area contributed by atoms with Crippen LogP contribution in [0.15, 0.2) is 59.1 Å². The fourth-order valence-electron chi connectivity index (χ4n) is 3.82. The summed E-state index contributed by atoms with van der Waals surface area (Å²) in [4.78, 5) is 17.0. The summed E-state index contributed by atoms with van der Waals surface area (Å²) in [7, 11) is 0. The number of fused-ring (bicyclic) bond motifs is 1. The molecule has 1 fully saturated rings. The third kappa shape index (κ3) is 3.41. The fraction of sp³-hybridized carbons (Fsp3) is 0.304. The molecule has 4 nitrogen and oxygen atoms in total. The minimum atomic E-state index is -0.146. The van der Waals surface area contributed by atoms with Gasteiger partial charge in [-0.3, -0.25) is 9.69 Å². The molecule has 1 saturated heterocycles. The summed E-state index contributed by atoms with van der Waals surface area (Å²) < 4.78 is 0. The van der Waals surface area contributed by atoms with Crippen LogP contribution in [0.5, 0.6) is 0 Å². The van der Waals surface area contributed by atoms with E-state index in [0.29, 0.717) is 13.1 Å². The van der Waals surface area contributed by atoms with Gasteiger partial charge in [-0.15, -0.1) is 0 Å². The minimum Gasteiger partial charge on any atom is -0.344 e. The van der Waals surface area contributed by atoms with Crippen molar-refractivity contribution in [2.45, 2.75) is 32.6 Å². The second kappa shape index (κ2) is 7.73. The van der Waals surface area contributed by atoms with Crippen LogP contribution in [0.2, 0.25) is 0 Å². The first-order valence-electron chi connectivity index (χ1n) is 9.58.